The summed E-state index contributed by atoms with van der Waals surface area (Å²) in [7, 11) is 0. The van der Waals surface area contributed by atoms with Crippen molar-refractivity contribution in [3.8, 4) is 0 Å². The van der Waals surface area contributed by atoms with Crippen LogP contribution >= 0.6 is 0 Å². The van der Waals surface area contributed by atoms with Crippen molar-refractivity contribution in [1.82, 2.24) is 0 Å². The molecule has 3 aliphatic carbocycles. The minimum Gasteiger partial charge on any atom is -0.455 e. The summed E-state index contributed by atoms with van der Waals surface area (Å²) in [5, 5.41) is 0. The van der Waals surface area contributed by atoms with Gasteiger partial charge in [0.2, 0.25) is 0 Å². The van der Waals surface area contributed by atoms with E-state index in [1.165, 1.54) is 17.5 Å². The Labute approximate surface area is 131 Å². The molecule has 3 unspecified atom stereocenters. The van der Waals surface area contributed by atoms with Crippen LogP contribution in [-0.4, -0.2) is 11.6 Å². The summed E-state index contributed by atoms with van der Waals surface area (Å²) in [5.74, 6) is 1.45. The van der Waals surface area contributed by atoms with E-state index in [1.54, 1.807) is 6.92 Å². The molecular formula is C20H22O2. The van der Waals surface area contributed by atoms with Gasteiger partial charge in [0.1, 0.15) is 5.60 Å². The van der Waals surface area contributed by atoms with Gasteiger partial charge in [-0.15, -0.1) is 0 Å². The number of hydrogen-bond donors (Lipinski definition) is 0. The molecule has 0 radical (unpaired) electrons. The van der Waals surface area contributed by atoms with Crippen molar-refractivity contribution in [2.75, 3.05) is 0 Å². The molecule has 1 fully saturated rings. The zero-order valence-electron chi connectivity index (χ0n) is 13.0. The molecule has 2 bridgehead atoms. The molecule has 0 saturated heterocycles. The number of carbonyl (C=O) groups is 1. The number of hydrogen-bond acceptors (Lipinski definition) is 2. The van der Waals surface area contributed by atoms with Crippen LogP contribution < -0.4 is 0 Å². The minimum absolute atomic E-state index is 0.237. The number of fused-ring (bicyclic) bond motifs is 3. The monoisotopic (exact) mass is 294 g/mol. The molecule has 4 rings (SSSR count). The van der Waals surface area contributed by atoms with Crippen molar-refractivity contribution >= 4 is 5.97 Å². The van der Waals surface area contributed by atoms with E-state index in [1.807, 2.05) is 0 Å². The van der Waals surface area contributed by atoms with Crippen LogP contribution in [0.5, 0.6) is 0 Å². The Morgan fingerprint density at radius 1 is 1.18 bits per heavy atom. The molecule has 3 atom stereocenters. The van der Waals surface area contributed by atoms with Crippen molar-refractivity contribution in [2.24, 2.45) is 17.8 Å². The van der Waals surface area contributed by atoms with Gasteiger partial charge in [0.25, 0.3) is 0 Å². The molecule has 0 aromatic heterocycles. The molecule has 0 spiro atoms. The first-order valence-corrected chi connectivity index (χ1v) is 8.21. The third-order valence-corrected chi connectivity index (χ3v) is 5.70. The van der Waals surface area contributed by atoms with E-state index >= 15 is 0 Å². The van der Waals surface area contributed by atoms with E-state index in [-0.39, 0.29) is 11.6 Å². The Morgan fingerprint density at radius 3 is 2.36 bits per heavy atom. The summed E-state index contributed by atoms with van der Waals surface area (Å²) >= 11 is 0. The lowest BCUT2D eigenvalue weighted by atomic mass is 9.76. The topological polar surface area (TPSA) is 26.3 Å². The Balaban J connectivity index is 1.69. The molecule has 114 valence electrons. The Morgan fingerprint density at radius 2 is 1.86 bits per heavy atom. The van der Waals surface area contributed by atoms with Crippen molar-refractivity contribution in [2.45, 2.75) is 38.2 Å². The molecule has 1 aromatic carbocycles. The number of allylic oxidation sites excluding steroid dienone is 2. The maximum atomic E-state index is 12.3. The second-order valence-corrected chi connectivity index (χ2v) is 7.24. The van der Waals surface area contributed by atoms with Gasteiger partial charge in [-0.3, -0.25) is 0 Å². The maximum absolute atomic E-state index is 12.3. The van der Waals surface area contributed by atoms with Gasteiger partial charge in [0, 0.05) is 24.3 Å². The number of carbonyl (C=O) groups excluding carboxylic acids is 1. The predicted octanol–water partition coefficient (Wildman–Crippen LogP) is 3.86. The lowest BCUT2D eigenvalue weighted by Crippen LogP contribution is -2.45. The fourth-order valence-electron chi connectivity index (χ4n) is 4.68. The number of benzene rings is 1. The number of rotatable bonds is 3. The van der Waals surface area contributed by atoms with Gasteiger partial charge in [-0.05, 0) is 42.7 Å². The highest BCUT2D eigenvalue weighted by molar-refractivity contribution is 5.87. The van der Waals surface area contributed by atoms with Crippen molar-refractivity contribution in [3.05, 3.63) is 59.7 Å². The van der Waals surface area contributed by atoms with E-state index < -0.39 is 0 Å². The molecule has 0 amide bonds. The van der Waals surface area contributed by atoms with Crippen LogP contribution in [0, 0.1) is 17.8 Å². The summed E-state index contributed by atoms with van der Waals surface area (Å²) < 4.78 is 6.11. The first kappa shape index (κ1) is 13.8. The highest BCUT2D eigenvalue weighted by Crippen LogP contribution is 2.53. The molecule has 22 heavy (non-hydrogen) atoms. The van der Waals surface area contributed by atoms with Crippen LogP contribution in [0.25, 0.3) is 0 Å². The van der Waals surface area contributed by atoms with E-state index in [0.717, 1.165) is 19.3 Å². The zero-order chi connectivity index (χ0) is 15.3. The second kappa shape index (κ2) is 4.84. The van der Waals surface area contributed by atoms with Gasteiger partial charge in [-0.25, -0.2) is 4.79 Å². The highest BCUT2D eigenvalue weighted by Gasteiger charge is 2.53. The standard InChI is InChI=1S/C20H22O2/c1-13(2)19(21)22-20(18-10-14-7-8-15(18)9-14)11-16-5-3-4-6-17(16)12-20/h3-8,14-15,18H,1,9-12H2,2H3. The molecule has 1 aromatic rings. The van der Waals surface area contributed by atoms with Crippen LogP contribution in [0.3, 0.4) is 0 Å². The third-order valence-electron chi connectivity index (χ3n) is 5.70. The third kappa shape index (κ3) is 2.05. The normalized spacial score (nSPS) is 30.3. The molecule has 3 aliphatic rings. The summed E-state index contributed by atoms with van der Waals surface area (Å²) in [6.07, 6.45) is 8.77. The van der Waals surface area contributed by atoms with E-state index in [2.05, 4.69) is 43.0 Å². The summed E-state index contributed by atoms with van der Waals surface area (Å²) in [6.45, 7) is 5.50. The predicted molar refractivity (Wildman–Crippen MR) is 86.3 cm³/mol. The smallest absolute Gasteiger partial charge is 0.333 e. The van der Waals surface area contributed by atoms with Gasteiger partial charge in [0.15, 0.2) is 0 Å². The Hall–Kier alpha value is -1.83. The summed E-state index contributed by atoms with van der Waals surface area (Å²) in [6, 6.07) is 8.51. The molecular weight excluding hydrogens is 272 g/mol. The van der Waals surface area contributed by atoms with E-state index in [0.29, 0.717) is 23.3 Å². The molecule has 0 aliphatic heterocycles. The summed E-state index contributed by atoms with van der Waals surface area (Å²) in [5.41, 5.74) is 2.80. The van der Waals surface area contributed by atoms with Gasteiger partial charge in [-0.1, -0.05) is 43.0 Å². The first-order valence-electron chi connectivity index (χ1n) is 8.21. The van der Waals surface area contributed by atoms with Crippen LogP contribution in [0.1, 0.15) is 30.9 Å². The largest absolute Gasteiger partial charge is 0.455 e. The lowest BCUT2D eigenvalue weighted by Gasteiger charge is -2.38. The Kier molecular flexibility index (Phi) is 3.04. The van der Waals surface area contributed by atoms with Gasteiger partial charge in [0.05, 0.1) is 0 Å². The fraction of sp³-hybridized carbons (Fsp3) is 0.450. The van der Waals surface area contributed by atoms with E-state index in [9.17, 15) is 4.79 Å². The van der Waals surface area contributed by atoms with Crippen LogP contribution in [-0.2, 0) is 22.4 Å². The second-order valence-electron chi connectivity index (χ2n) is 7.24. The van der Waals surface area contributed by atoms with E-state index in [4.69, 9.17) is 4.74 Å². The number of esters is 1. The van der Waals surface area contributed by atoms with Gasteiger partial charge in [-0.2, -0.15) is 0 Å². The van der Waals surface area contributed by atoms with Crippen molar-refractivity contribution in [3.63, 3.8) is 0 Å². The fourth-order valence-corrected chi connectivity index (χ4v) is 4.68. The molecule has 2 heteroatoms. The molecule has 1 saturated carbocycles. The van der Waals surface area contributed by atoms with Crippen molar-refractivity contribution in [1.29, 1.82) is 0 Å². The average Bonchev–Trinajstić information content (AvgIpc) is 3.20. The van der Waals surface area contributed by atoms with Crippen molar-refractivity contribution < 1.29 is 9.53 Å². The van der Waals surface area contributed by atoms with Gasteiger partial charge < -0.3 is 4.74 Å². The molecule has 0 N–H and O–H groups in total. The Bertz CT molecular complexity index is 645. The first-order chi connectivity index (χ1) is 10.6. The SMILES string of the molecule is C=C(C)C(=O)OC1(C2CC3C=CC2C3)Cc2ccccc2C1. The van der Waals surface area contributed by atoms with Gasteiger partial charge >= 0.3 is 5.97 Å². The average molecular weight is 294 g/mol. The zero-order valence-corrected chi connectivity index (χ0v) is 13.0. The van der Waals surface area contributed by atoms with Crippen LogP contribution in [0.4, 0.5) is 0 Å². The maximum Gasteiger partial charge on any atom is 0.333 e. The quantitative estimate of drug-likeness (QED) is 0.481. The van der Waals surface area contributed by atoms with Crippen LogP contribution in [0.2, 0.25) is 0 Å². The van der Waals surface area contributed by atoms with Crippen LogP contribution in [0.15, 0.2) is 48.6 Å². The minimum atomic E-state index is -0.371. The molecule has 0 heterocycles. The molecule has 2 nitrogen and oxygen atoms in total. The highest BCUT2D eigenvalue weighted by atomic mass is 16.6. The summed E-state index contributed by atoms with van der Waals surface area (Å²) in [4.78, 5) is 12.3. The number of ether oxygens (including phenoxy) is 1. The lowest BCUT2D eigenvalue weighted by molar-refractivity contribution is -0.161.